The smallest absolute Gasteiger partial charge is 0.222 e. The molecule has 7 nitrogen and oxygen atoms in total. The summed E-state index contributed by atoms with van der Waals surface area (Å²) in [5, 5.41) is 4.84. The van der Waals surface area contributed by atoms with Crippen LogP contribution in [0, 0.1) is 6.92 Å². The van der Waals surface area contributed by atoms with Crippen LogP contribution in [-0.4, -0.2) is 24.9 Å². The zero-order valence-electron chi connectivity index (χ0n) is 14.8. The normalized spacial score (nSPS) is 11.0. The van der Waals surface area contributed by atoms with Gasteiger partial charge in [-0.05, 0) is 43.3 Å². The number of benzene rings is 1. The van der Waals surface area contributed by atoms with Gasteiger partial charge in [-0.25, -0.2) is 24.9 Å². The second-order valence-corrected chi connectivity index (χ2v) is 7.08. The third-order valence-corrected chi connectivity index (χ3v) is 5.07. The van der Waals surface area contributed by atoms with E-state index in [0.29, 0.717) is 17.4 Å². The van der Waals surface area contributed by atoms with E-state index in [4.69, 9.17) is 4.74 Å². The van der Waals surface area contributed by atoms with Crippen molar-refractivity contribution in [2.45, 2.75) is 6.92 Å². The number of ether oxygens (including phenoxy) is 1. The van der Waals surface area contributed by atoms with Gasteiger partial charge in [0, 0.05) is 23.3 Å². The second-order valence-electron chi connectivity index (χ2n) is 6.10. The molecule has 136 valence electrons. The van der Waals surface area contributed by atoms with E-state index in [-0.39, 0.29) is 0 Å². The van der Waals surface area contributed by atoms with Crippen LogP contribution < -0.4 is 10.1 Å². The van der Waals surface area contributed by atoms with Gasteiger partial charge in [-0.3, -0.25) is 0 Å². The Labute approximate surface area is 164 Å². The zero-order valence-corrected chi connectivity index (χ0v) is 15.6. The van der Waals surface area contributed by atoms with Crippen molar-refractivity contribution in [3.05, 3.63) is 66.7 Å². The summed E-state index contributed by atoms with van der Waals surface area (Å²) in [7, 11) is 0. The molecule has 0 radical (unpaired) electrons. The maximum Gasteiger partial charge on any atom is 0.222 e. The Bertz CT molecular complexity index is 1270. The van der Waals surface area contributed by atoms with Gasteiger partial charge in [-0.2, -0.15) is 0 Å². The summed E-state index contributed by atoms with van der Waals surface area (Å²) in [5.41, 5.74) is 2.62. The van der Waals surface area contributed by atoms with Gasteiger partial charge in [0.05, 0.1) is 5.52 Å². The first-order valence-corrected chi connectivity index (χ1v) is 9.41. The molecule has 28 heavy (non-hydrogen) atoms. The highest BCUT2D eigenvalue weighted by molar-refractivity contribution is 7.21. The minimum atomic E-state index is 0.574. The molecule has 0 saturated heterocycles. The summed E-state index contributed by atoms with van der Waals surface area (Å²) in [6.07, 6.45) is 4.99. The number of fused-ring (bicyclic) bond motifs is 2. The molecule has 4 aromatic heterocycles. The molecule has 0 atom stereocenters. The van der Waals surface area contributed by atoms with Crippen LogP contribution in [0.15, 0.2) is 61.2 Å². The van der Waals surface area contributed by atoms with E-state index >= 15 is 0 Å². The molecule has 0 fully saturated rings. The van der Waals surface area contributed by atoms with Crippen molar-refractivity contribution in [2.24, 2.45) is 0 Å². The van der Waals surface area contributed by atoms with E-state index < -0.39 is 0 Å². The largest absolute Gasteiger partial charge is 0.439 e. The van der Waals surface area contributed by atoms with E-state index in [9.17, 15) is 0 Å². The van der Waals surface area contributed by atoms with Crippen molar-refractivity contribution in [3.8, 4) is 11.6 Å². The van der Waals surface area contributed by atoms with Crippen molar-refractivity contribution in [1.29, 1.82) is 0 Å². The summed E-state index contributed by atoms with van der Waals surface area (Å²) >= 11 is 1.47. The number of aromatic nitrogens is 5. The lowest BCUT2D eigenvalue weighted by atomic mass is 10.2. The number of rotatable bonds is 4. The molecular formula is C20H14N6OS. The molecule has 5 rings (SSSR count). The first kappa shape index (κ1) is 16.5. The van der Waals surface area contributed by atoms with Gasteiger partial charge in [0.2, 0.25) is 5.88 Å². The summed E-state index contributed by atoms with van der Waals surface area (Å²) in [5.74, 6) is 1.90. The number of thiazole rings is 1. The number of hydrogen-bond acceptors (Lipinski definition) is 8. The van der Waals surface area contributed by atoms with Gasteiger partial charge >= 0.3 is 0 Å². The molecule has 0 unspecified atom stereocenters. The third-order valence-electron chi connectivity index (χ3n) is 4.17. The Kier molecular flexibility index (Phi) is 4.02. The van der Waals surface area contributed by atoms with Gasteiger partial charge in [0.25, 0.3) is 0 Å². The van der Waals surface area contributed by atoms with Crippen molar-refractivity contribution in [2.75, 3.05) is 5.32 Å². The average molecular weight is 386 g/mol. The number of pyridine rings is 2. The van der Waals surface area contributed by atoms with E-state index in [1.165, 1.54) is 17.7 Å². The van der Waals surface area contributed by atoms with Crippen molar-refractivity contribution < 1.29 is 4.74 Å². The lowest BCUT2D eigenvalue weighted by Gasteiger charge is -2.09. The first-order valence-electron chi connectivity index (χ1n) is 8.59. The van der Waals surface area contributed by atoms with Crippen LogP contribution in [0.3, 0.4) is 0 Å². The van der Waals surface area contributed by atoms with Gasteiger partial charge in [0.15, 0.2) is 5.13 Å². The van der Waals surface area contributed by atoms with Crippen LogP contribution in [0.1, 0.15) is 5.56 Å². The fraction of sp³-hybridized carbons (Fsp3) is 0.0500. The molecule has 0 saturated carbocycles. The molecule has 8 heteroatoms. The Balaban J connectivity index is 1.52. The predicted molar refractivity (Wildman–Crippen MR) is 109 cm³/mol. The highest BCUT2D eigenvalue weighted by Crippen LogP contribution is 2.31. The van der Waals surface area contributed by atoms with Gasteiger partial charge < -0.3 is 10.1 Å². The lowest BCUT2D eigenvalue weighted by molar-refractivity contribution is 0.459. The minimum Gasteiger partial charge on any atom is -0.439 e. The molecule has 0 aliphatic heterocycles. The molecule has 0 spiro atoms. The Hall–Kier alpha value is -3.65. The fourth-order valence-corrected chi connectivity index (χ4v) is 3.62. The van der Waals surface area contributed by atoms with E-state index in [1.807, 2.05) is 49.4 Å². The van der Waals surface area contributed by atoms with Crippen molar-refractivity contribution in [1.82, 2.24) is 24.9 Å². The van der Waals surface area contributed by atoms with Crippen LogP contribution in [0.5, 0.6) is 11.6 Å². The number of aryl methyl sites for hydroxylation is 1. The van der Waals surface area contributed by atoms with E-state index in [1.54, 1.807) is 12.4 Å². The highest BCUT2D eigenvalue weighted by atomic mass is 32.1. The maximum absolute atomic E-state index is 5.95. The summed E-state index contributed by atoms with van der Waals surface area (Å²) in [6, 6.07) is 13.3. The molecule has 1 N–H and O–H groups in total. The Morgan fingerprint density at radius 2 is 1.82 bits per heavy atom. The quantitative estimate of drug-likeness (QED) is 0.471. The van der Waals surface area contributed by atoms with Crippen molar-refractivity contribution >= 4 is 43.5 Å². The maximum atomic E-state index is 5.95. The summed E-state index contributed by atoms with van der Waals surface area (Å²) < 4.78 is 5.95. The van der Waals surface area contributed by atoms with Crippen LogP contribution >= 0.6 is 11.3 Å². The zero-order chi connectivity index (χ0) is 18.9. The number of nitrogens with zero attached hydrogens (tertiary/aromatic N) is 5. The molecule has 0 aliphatic carbocycles. The number of hydrogen-bond donors (Lipinski definition) is 1. The average Bonchev–Trinajstić information content (AvgIpc) is 3.12. The molecule has 0 amide bonds. The van der Waals surface area contributed by atoms with Crippen LogP contribution in [-0.2, 0) is 0 Å². The molecule has 1 aromatic carbocycles. The first-order chi connectivity index (χ1) is 13.8. The second kappa shape index (κ2) is 6.82. The highest BCUT2D eigenvalue weighted by Gasteiger charge is 2.10. The van der Waals surface area contributed by atoms with E-state index in [2.05, 4.69) is 30.2 Å². The van der Waals surface area contributed by atoms with E-state index in [0.717, 1.165) is 31.9 Å². The standard InChI is InChI=1S/C20H14N6OS/c1-12-4-2-8-21-18(12)27-13-6-7-15-14(10-13)17(24-11-23-15)26-20-25-16-5-3-9-22-19(16)28-20/h2-11H,1H3,(H,23,24,25,26). The predicted octanol–water partition coefficient (Wildman–Crippen LogP) is 4.87. The van der Waals surface area contributed by atoms with Crippen LogP contribution in [0.2, 0.25) is 0 Å². The fourth-order valence-electron chi connectivity index (χ4n) is 2.81. The molecule has 5 aromatic rings. The Morgan fingerprint density at radius 1 is 0.929 bits per heavy atom. The summed E-state index contributed by atoms with van der Waals surface area (Å²) in [4.78, 5) is 22.8. The van der Waals surface area contributed by atoms with Gasteiger partial charge in [-0.15, -0.1) is 0 Å². The van der Waals surface area contributed by atoms with Crippen LogP contribution in [0.25, 0.3) is 21.3 Å². The monoisotopic (exact) mass is 386 g/mol. The molecule has 4 heterocycles. The van der Waals surface area contributed by atoms with Crippen LogP contribution in [0.4, 0.5) is 10.9 Å². The third kappa shape index (κ3) is 3.10. The minimum absolute atomic E-state index is 0.574. The molecule has 0 bridgehead atoms. The summed E-state index contributed by atoms with van der Waals surface area (Å²) in [6.45, 7) is 1.96. The van der Waals surface area contributed by atoms with Gasteiger partial charge in [0.1, 0.15) is 28.2 Å². The van der Waals surface area contributed by atoms with Crippen molar-refractivity contribution in [3.63, 3.8) is 0 Å². The SMILES string of the molecule is Cc1cccnc1Oc1ccc2ncnc(Nc3nc4cccnc4s3)c2c1. The molecule has 0 aliphatic rings. The topological polar surface area (TPSA) is 85.7 Å². The lowest BCUT2D eigenvalue weighted by Crippen LogP contribution is -1.96. The van der Waals surface area contributed by atoms with Gasteiger partial charge in [-0.1, -0.05) is 17.4 Å². The number of nitrogens with one attached hydrogen (secondary N) is 1. The Morgan fingerprint density at radius 3 is 2.71 bits per heavy atom. The molecular weight excluding hydrogens is 372 g/mol. The number of anilines is 2.